The molecule has 3 aromatic rings. The van der Waals surface area contributed by atoms with Gasteiger partial charge >= 0.3 is 0 Å². The van der Waals surface area contributed by atoms with Crippen molar-refractivity contribution in [3.05, 3.63) is 112 Å². The minimum Gasteiger partial charge on any atom is -0.353 e. The summed E-state index contributed by atoms with van der Waals surface area (Å²) in [4.78, 5) is 29.7. The molecule has 1 saturated heterocycles. The van der Waals surface area contributed by atoms with Crippen LogP contribution in [0, 0.1) is 11.7 Å². The van der Waals surface area contributed by atoms with Gasteiger partial charge in [-0.05, 0) is 73.9 Å². The standard InChI is InChI=1S/C33H35FN2O2S/c1-23(12-13-24-8-4-2-5-9-24)35-32(37)27-16-19-30-29(21-27)36(22-26-14-17-28(34)18-15-26)33(38)31(39-30)20-25-10-6-3-7-11-25/h2-11,14-15,17-18,20,23,27,29-30H,12-13,16,19,21-22H2,1H3,(H,35,37)/b31-20-. The molecule has 0 bridgehead atoms. The van der Waals surface area contributed by atoms with Crippen molar-refractivity contribution in [2.45, 2.75) is 62.9 Å². The van der Waals surface area contributed by atoms with E-state index in [-0.39, 0.29) is 40.9 Å². The van der Waals surface area contributed by atoms with Gasteiger partial charge in [0.25, 0.3) is 5.91 Å². The summed E-state index contributed by atoms with van der Waals surface area (Å²) in [7, 11) is 0. The number of nitrogens with one attached hydrogen (secondary N) is 1. The molecule has 0 aromatic heterocycles. The first-order chi connectivity index (χ1) is 19.0. The van der Waals surface area contributed by atoms with E-state index in [0.29, 0.717) is 13.0 Å². The summed E-state index contributed by atoms with van der Waals surface area (Å²) in [6, 6.07) is 26.6. The van der Waals surface area contributed by atoms with Gasteiger partial charge in [-0.2, -0.15) is 0 Å². The molecule has 0 radical (unpaired) electrons. The number of nitrogens with zero attached hydrogens (tertiary/aromatic N) is 1. The average molecular weight is 543 g/mol. The van der Waals surface area contributed by atoms with Crippen molar-refractivity contribution in [2.75, 3.05) is 0 Å². The van der Waals surface area contributed by atoms with E-state index in [1.54, 1.807) is 23.9 Å². The van der Waals surface area contributed by atoms with Crippen LogP contribution in [-0.2, 0) is 22.6 Å². The number of aryl methyl sites for hydroxylation is 1. The van der Waals surface area contributed by atoms with Crippen LogP contribution < -0.4 is 5.32 Å². The maximum absolute atomic E-state index is 13.8. The number of thioether (sulfide) groups is 1. The van der Waals surface area contributed by atoms with Crippen LogP contribution >= 0.6 is 11.8 Å². The smallest absolute Gasteiger partial charge is 0.260 e. The van der Waals surface area contributed by atoms with Gasteiger partial charge in [-0.25, -0.2) is 4.39 Å². The number of rotatable bonds is 8. The number of hydrogen-bond donors (Lipinski definition) is 1. The second-order valence-corrected chi connectivity index (χ2v) is 11.9. The predicted octanol–water partition coefficient (Wildman–Crippen LogP) is 6.62. The van der Waals surface area contributed by atoms with E-state index in [0.717, 1.165) is 41.7 Å². The Morgan fingerprint density at radius 1 is 1.00 bits per heavy atom. The first-order valence-corrected chi connectivity index (χ1v) is 14.7. The van der Waals surface area contributed by atoms with Crippen LogP contribution in [0.4, 0.5) is 4.39 Å². The zero-order valence-electron chi connectivity index (χ0n) is 22.3. The molecule has 2 amide bonds. The van der Waals surface area contributed by atoms with Crippen LogP contribution in [0.1, 0.15) is 49.3 Å². The van der Waals surface area contributed by atoms with Crippen LogP contribution in [0.15, 0.2) is 89.8 Å². The van der Waals surface area contributed by atoms with E-state index in [1.807, 2.05) is 59.5 Å². The van der Waals surface area contributed by atoms with Crippen molar-refractivity contribution >= 4 is 29.7 Å². The Labute approximate surface area is 234 Å². The van der Waals surface area contributed by atoms with E-state index < -0.39 is 0 Å². The van der Waals surface area contributed by atoms with E-state index >= 15 is 0 Å². The summed E-state index contributed by atoms with van der Waals surface area (Å²) in [5, 5.41) is 3.46. The third-order valence-electron chi connectivity index (χ3n) is 7.74. The number of amides is 2. The van der Waals surface area contributed by atoms with E-state index in [4.69, 9.17) is 0 Å². The minimum absolute atomic E-state index is 0.0216. The molecule has 1 saturated carbocycles. The Bertz CT molecular complexity index is 1300. The number of halogens is 1. The van der Waals surface area contributed by atoms with Gasteiger partial charge in [0.1, 0.15) is 5.82 Å². The molecule has 6 heteroatoms. The van der Waals surface area contributed by atoms with Gasteiger partial charge in [-0.15, -0.1) is 11.8 Å². The molecule has 1 aliphatic carbocycles. The summed E-state index contributed by atoms with van der Waals surface area (Å²) in [5.41, 5.74) is 3.15. The SMILES string of the molecule is CC(CCc1ccccc1)NC(=O)C1CCC2S/C(=C\c3ccccc3)C(=O)N(Cc3ccc(F)cc3)C2C1. The zero-order valence-corrected chi connectivity index (χ0v) is 23.1. The molecule has 1 aliphatic heterocycles. The monoisotopic (exact) mass is 542 g/mol. The topological polar surface area (TPSA) is 49.4 Å². The lowest BCUT2D eigenvalue weighted by Crippen LogP contribution is -2.54. The summed E-state index contributed by atoms with van der Waals surface area (Å²) >= 11 is 1.65. The van der Waals surface area contributed by atoms with Crippen molar-refractivity contribution < 1.29 is 14.0 Å². The van der Waals surface area contributed by atoms with Gasteiger partial charge in [0.2, 0.25) is 5.91 Å². The highest BCUT2D eigenvalue weighted by Crippen LogP contribution is 2.44. The van der Waals surface area contributed by atoms with Crippen molar-refractivity contribution in [1.29, 1.82) is 0 Å². The van der Waals surface area contributed by atoms with Crippen LogP contribution in [-0.4, -0.2) is 34.0 Å². The third-order valence-corrected chi connectivity index (χ3v) is 9.14. The van der Waals surface area contributed by atoms with Crippen LogP contribution in [0.25, 0.3) is 6.08 Å². The molecule has 1 heterocycles. The fourth-order valence-corrected chi connectivity index (χ4v) is 6.98. The Morgan fingerprint density at radius 3 is 2.41 bits per heavy atom. The minimum atomic E-state index is -0.294. The lowest BCUT2D eigenvalue weighted by molar-refractivity contribution is -0.134. The van der Waals surface area contributed by atoms with E-state index in [2.05, 4.69) is 24.4 Å². The molecular formula is C33H35FN2O2S. The van der Waals surface area contributed by atoms with Crippen molar-refractivity contribution in [2.24, 2.45) is 5.92 Å². The van der Waals surface area contributed by atoms with E-state index in [1.165, 1.54) is 17.7 Å². The van der Waals surface area contributed by atoms with Crippen molar-refractivity contribution in [1.82, 2.24) is 10.2 Å². The molecular weight excluding hydrogens is 507 g/mol. The van der Waals surface area contributed by atoms with Gasteiger partial charge in [0, 0.05) is 29.8 Å². The number of carbonyl (C=O) groups excluding carboxylic acids is 2. The summed E-state index contributed by atoms with van der Waals surface area (Å²) in [5.74, 6) is -0.364. The molecule has 0 spiro atoms. The average Bonchev–Trinajstić information content (AvgIpc) is 2.96. The van der Waals surface area contributed by atoms with Crippen LogP contribution in [0.5, 0.6) is 0 Å². The highest BCUT2D eigenvalue weighted by atomic mass is 32.2. The molecule has 1 N–H and O–H groups in total. The largest absolute Gasteiger partial charge is 0.353 e. The van der Waals surface area contributed by atoms with Crippen molar-refractivity contribution in [3.8, 4) is 0 Å². The van der Waals surface area contributed by atoms with Gasteiger partial charge in [-0.3, -0.25) is 9.59 Å². The summed E-state index contributed by atoms with van der Waals surface area (Å²) in [6.07, 6.45) is 6.08. The first kappa shape index (κ1) is 27.2. The molecule has 2 aliphatic rings. The van der Waals surface area contributed by atoms with Gasteiger partial charge in [0.05, 0.1) is 4.91 Å². The highest BCUT2D eigenvalue weighted by molar-refractivity contribution is 8.04. The molecule has 5 rings (SSSR count). The molecule has 202 valence electrons. The molecule has 2 fully saturated rings. The number of hydrogen-bond acceptors (Lipinski definition) is 3. The van der Waals surface area contributed by atoms with Gasteiger partial charge < -0.3 is 10.2 Å². The highest BCUT2D eigenvalue weighted by Gasteiger charge is 2.44. The molecule has 39 heavy (non-hydrogen) atoms. The number of fused-ring (bicyclic) bond motifs is 1. The normalized spacial score (nSPS) is 22.8. The number of carbonyl (C=O) groups is 2. The third kappa shape index (κ3) is 6.99. The second kappa shape index (κ2) is 12.6. The molecule has 3 aromatic carbocycles. The van der Waals surface area contributed by atoms with Gasteiger partial charge in [-0.1, -0.05) is 72.8 Å². The molecule has 4 atom stereocenters. The van der Waals surface area contributed by atoms with E-state index in [9.17, 15) is 14.0 Å². The Kier molecular flexibility index (Phi) is 8.82. The van der Waals surface area contributed by atoms with Crippen molar-refractivity contribution in [3.63, 3.8) is 0 Å². The summed E-state index contributed by atoms with van der Waals surface area (Å²) < 4.78 is 13.6. The van der Waals surface area contributed by atoms with Crippen LogP contribution in [0.3, 0.4) is 0 Å². The fourth-order valence-electron chi connectivity index (χ4n) is 5.56. The summed E-state index contributed by atoms with van der Waals surface area (Å²) in [6.45, 7) is 2.46. The van der Waals surface area contributed by atoms with Gasteiger partial charge in [0.15, 0.2) is 0 Å². The fraction of sp³-hybridized carbons (Fsp3) is 0.333. The Balaban J connectivity index is 1.29. The lowest BCUT2D eigenvalue weighted by atomic mass is 9.83. The Hall–Kier alpha value is -3.38. The Morgan fingerprint density at radius 2 is 1.69 bits per heavy atom. The predicted molar refractivity (Wildman–Crippen MR) is 156 cm³/mol. The molecule has 4 nitrogen and oxygen atoms in total. The number of benzene rings is 3. The molecule has 4 unspecified atom stereocenters. The lowest BCUT2D eigenvalue weighted by Gasteiger charge is -2.46. The quantitative estimate of drug-likeness (QED) is 0.326. The second-order valence-electron chi connectivity index (χ2n) is 10.6. The first-order valence-electron chi connectivity index (χ1n) is 13.8. The van der Waals surface area contributed by atoms with Crippen LogP contribution in [0.2, 0.25) is 0 Å². The maximum atomic E-state index is 13.8. The maximum Gasteiger partial charge on any atom is 0.260 e. The zero-order chi connectivity index (χ0) is 27.2.